The molecule has 1 fully saturated rings. The van der Waals surface area contributed by atoms with Crippen molar-refractivity contribution in [1.82, 2.24) is 25.0 Å². The van der Waals surface area contributed by atoms with Crippen molar-refractivity contribution in [2.24, 2.45) is 0 Å². The topological polar surface area (TPSA) is 101 Å². The molecule has 0 atom stereocenters. The van der Waals surface area contributed by atoms with Crippen molar-refractivity contribution in [2.75, 3.05) is 51.3 Å². The third-order valence-electron chi connectivity index (χ3n) is 3.75. The van der Waals surface area contributed by atoms with Gasteiger partial charge in [-0.1, -0.05) is 5.16 Å². The van der Waals surface area contributed by atoms with Crippen molar-refractivity contribution in [1.29, 1.82) is 0 Å². The SMILES string of the molecule is COCc1noc(-c2cncnc2N2CCN(CCO)CC2)n1. The first-order valence-corrected chi connectivity index (χ1v) is 7.52. The fourth-order valence-electron chi connectivity index (χ4n) is 2.60. The molecule has 1 aliphatic rings. The van der Waals surface area contributed by atoms with Gasteiger partial charge in [-0.3, -0.25) is 4.90 Å². The Hall–Kier alpha value is -2.10. The summed E-state index contributed by atoms with van der Waals surface area (Å²) >= 11 is 0. The van der Waals surface area contributed by atoms with Gasteiger partial charge in [0.1, 0.15) is 24.3 Å². The summed E-state index contributed by atoms with van der Waals surface area (Å²) in [5, 5.41) is 12.9. The molecule has 1 N–H and O–H groups in total. The van der Waals surface area contributed by atoms with E-state index >= 15 is 0 Å². The largest absolute Gasteiger partial charge is 0.395 e. The zero-order valence-corrected chi connectivity index (χ0v) is 13.1. The smallest absolute Gasteiger partial charge is 0.263 e. The normalized spacial score (nSPS) is 16.0. The van der Waals surface area contributed by atoms with Crippen LogP contribution in [0.4, 0.5) is 5.82 Å². The molecule has 9 nitrogen and oxygen atoms in total. The Morgan fingerprint density at radius 2 is 2.13 bits per heavy atom. The summed E-state index contributed by atoms with van der Waals surface area (Å²) < 4.78 is 10.3. The number of aliphatic hydroxyl groups excluding tert-OH is 1. The molecule has 0 amide bonds. The maximum atomic E-state index is 9.03. The van der Waals surface area contributed by atoms with Crippen molar-refractivity contribution in [2.45, 2.75) is 6.61 Å². The summed E-state index contributed by atoms with van der Waals surface area (Å²) in [6, 6.07) is 0. The van der Waals surface area contributed by atoms with Gasteiger partial charge in [-0.15, -0.1) is 0 Å². The highest BCUT2D eigenvalue weighted by Crippen LogP contribution is 2.27. The highest BCUT2D eigenvalue weighted by molar-refractivity contribution is 5.68. The van der Waals surface area contributed by atoms with E-state index in [4.69, 9.17) is 14.4 Å². The highest BCUT2D eigenvalue weighted by atomic mass is 16.5. The van der Waals surface area contributed by atoms with Crippen LogP contribution >= 0.6 is 0 Å². The zero-order valence-electron chi connectivity index (χ0n) is 13.1. The molecule has 1 saturated heterocycles. The van der Waals surface area contributed by atoms with Crippen molar-refractivity contribution in [3.8, 4) is 11.5 Å². The predicted octanol–water partition coefficient (Wildman–Crippen LogP) is -0.213. The molecule has 0 unspecified atom stereocenters. The minimum Gasteiger partial charge on any atom is -0.395 e. The van der Waals surface area contributed by atoms with Crippen molar-refractivity contribution < 1.29 is 14.4 Å². The minimum absolute atomic E-state index is 0.184. The number of hydrogen-bond donors (Lipinski definition) is 1. The summed E-state index contributed by atoms with van der Waals surface area (Å²) in [6.45, 7) is 4.58. The lowest BCUT2D eigenvalue weighted by Crippen LogP contribution is -2.47. The van der Waals surface area contributed by atoms with E-state index in [2.05, 4.69) is 29.9 Å². The number of hydrogen-bond acceptors (Lipinski definition) is 9. The number of rotatable bonds is 6. The zero-order chi connectivity index (χ0) is 16.1. The Bertz CT molecular complexity index is 626. The summed E-state index contributed by atoms with van der Waals surface area (Å²) in [5.41, 5.74) is 0.720. The van der Waals surface area contributed by atoms with Crippen LogP contribution in [0.5, 0.6) is 0 Å². The van der Waals surface area contributed by atoms with Crippen LogP contribution < -0.4 is 4.90 Å². The Kier molecular flexibility index (Phi) is 5.11. The van der Waals surface area contributed by atoms with E-state index in [0.717, 1.165) is 37.6 Å². The van der Waals surface area contributed by atoms with Gasteiger partial charge in [0, 0.05) is 46.0 Å². The molecule has 0 aliphatic carbocycles. The molecule has 124 valence electrons. The van der Waals surface area contributed by atoms with E-state index in [1.54, 1.807) is 13.3 Å². The van der Waals surface area contributed by atoms with Gasteiger partial charge in [0.2, 0.25) is 0 Å². The van der Waals surface area contributed by atoms with Crippen LogP contribution in [-0.2, 0) is 11.3 Å². The van der Waals surface area contributed by atoms with Gasteiger partial charge in [-0.2, -0.15) is 4.98 Å². The first kappa shape index (κ1) is 15.8. The lowest BCUT2D eigenvalue weighted by Gasteiger charge is -2.35. The van der Waals surface area contributed by atoms with Gasteiger partial charge in [-0.05, 0) is 0 Å². The molecule has 1 aliphatic heterocycles. The second-order valence-electron chi connectivity index (χ2n) is 5.26. The van der Waals surface area contributed by atoms with E-state index in [9.17, 15) is 0 Å². The van der Waals surface area contributed by atoms with E-state index in [-0.39, 0.29) is 6.61 Å². The maximum absolute atomic E-state index is 9.03. The van der Waals surface area contributed by atoms with Gasteiger partial charge < -0.3 is 19.3 Å². The Labute approximate surface area is 133 Å². The van der Waals surface area contributed by atoms with Crippen molar-refractivity contribution in [3.63, 3.8) is 0 Å². The van der Waals surface area contributed by atoms with Gasteiger partial charge in [-0.25, -0.2) is 9.97 Å². The number of aliphatic hydroxyl groups is 1. The Morgan fingerprint density at radius 1 is 1.30 bits per heavy atom. The summed E-state index contributed by atoms with van der Waals surface area (Å²) in [5.74, 6) is 1.67. The van der Waals surface area contributed by atoms with Crippen molar-refractivity contribution >= 4 is 5.82 Å². The summed E-state index contributed by atoms with van der Waals surface area (Å²) in [7, 11) is 1.58. The van der Waals surface area contributed by atoms with E-state index in [1.165, 1.54) is 6.33 Å². The van der Waals surface area contributed by atoms with E-state index in [1.807, 2.05) is 0 Å². The molecule has 23 heavy (non-hydrogen) atoms. The monoisotopic (exact) mass is 320 g/mol. The first-order chi connectivity index (χ1) is 11.3. The van der Waals surface area contributed by atoms with Crippen LogP contribution in [0.2, 0.25) is 0 Å². The van der Waals surface area contributed by atoms with Crippen LogP contribution in [0.1, 0.15) is 5.82 Å². The van der Waals surface area contributed by atoms with Gasteiger partial charge in [0.05, 0.1) is 6.61 Å². The van der Waals surface area contributed by atoms with Crippen LogP contribution in [0.3, 0.4) is 0 Å². The van der Waals surface area contributed by atoms with Crippen LogP contribution in [0.25, 0.3) is 11.5 Å². The number of β-amino-alcohol motifs (C(OH)–C–C–N with tert-alkyl or cyclic N) is 1. The molecule has 3 rings (SSSR count). The molecular weight excluding hydrogens is 300 g/mol. The Balaban J connectivity index is 1.78. The molecule has 9 heteroatoms. The average molecular weight is 320 g/mol. The van der Waals surface area contributed by atoms with Crippen LogP contribution in [0.15, 0.2) is 17.0 Å². The average Bonchev–Trinajstić information content (AvgIpc) is 3.05. The number of piperazine rings is 1. The lowest BCUT2D eigenvalue weighted by atomic mass is 10.2. The minimum atomic E-state index is 0.184. The Morgan fingerprint density at radius 3 is 2.87 bits per heavy atom. The van der Waals surface area contributed by atoms with Gasteiger partial charge in [0.15, 0.2) is 5.82 Å². The van der Waals surface area contributed by atoms with Crippen LogP contribution in [-0.4, -0.2) is 76.6 Å². The predicted molar refractivity (Wildman–Crippen MR) is 81.8 cm³/mol. The second-order valence-corrected chi connectivity index (χ2v) is 5.26. The lowest BCUT2D eigenvalue weighted by molar-refractivity contribution is 0.174. The highest BCUT2D eigenvalue weighted by Gasteiger charge is 2.23. The maximum Gasteiger partial charge on any atom is 0.263 e. The molecular formula is C14H20N6O3. The van der Waals surface area contributed by atoms with Crippen molar-refractivity contribution in [3.05, 3.63) is 18.3 Å². The van der Waals surface area contributed by atoms with Crippen LogP contribution in [0, 0.1) is 0 Å². The first-order valence-electron chi connectivity index (χ1n) is 7.52. The fourth-order valence-corrected chi connectivity index (χ4v) is 2.60. The number of nitrogens with zero attached hydrogens (tertiary/aromatic N) is 6. The summed E-state index contributed by atoms with van der Waals surface area (Å²) in [6.07, 6.45) is 3.21. The van der Waals surface area contributed by atoms with E-state index in [0.29, 0.717) is 24.9 Å². The summed E-state index contributed by atoms with van der Waals surface area (Å²) in [4.78, 5) is 17.2. The molecule has 0 bridgehead atoms. The molecule has 0 radical (unpaired) electrons. The van der Waals surface area contributed by atoms with Gasteiger partial charge >= 0.3 is 0 Å². The molecule has 0 spiro atoms. The molecule has 3 heterocycles. The second kappa shape index (κ2) is 7.44. The van der Waals surface area contributed by atoms with E-state index < -0.39 is 0 Å². The number of ether oxygens (including phenoxy) is 1. The molecule has 2 aromatic heterocycles. The number of anilines is 1. The number of aromatic nitrogens is 4. The molecule has 0 aromatic carbocycles. The fraction of sp³-hybridized carbons (Fsp3) is 0.571. The third kappa shape index (κ3) is 3.63. The van der Waals surface area contributed by atoms with Gasteiger partial charge in [0.25, 0.3) is 5.89 Å². The standard InChI is InChI=1S/C14H20N6O3/c1-22-9-12-17-14(23-18-12)11-8-15-10-16-13(11)20-4-2-19(3-5-20)6-7-21/h8,10,21H,2-7,9H2,1H3. The third-order valence-corrected chi connectivity index (χ3v) is 3.75. The molecule has 2 aromatic rings. The molecule has 0 saturated carbocycles. The number of methoxy groups -OCH3 is 1. The quantitative estimate of drug-likeness (QED) is 0.774.